The van der Waals surface area contributed by atoms with Crippen LogP contribution in [0, 0.1) is 17.1 Å². The summed E-state index contributed by atoms with van der Waals surface area (Å²) >= 11 is 0. The average Bonchev–Trinajstić information content (AvgIpc) is 2.77. The summed E-state index contributed by atoms with van der Waals surface area (Å²) in [5, 5.41) is 8.53. The van der Waals surface area contributed by atoms with Gasteiger partial charge in [0, 0.05) is 5.56 Å². The number of rotatable bonds is 1. The first-order valence-corrected chi connectivity index (χ1v) is 4.74. The van der Waals surface area contributed by atoms with Crippen LogP contribution in [0.5, 0.6) is 0 Å². The van der Waals surface area contributed by atoms with Crippen molar-refractivity contribution in [2.45, 2.75) is 6.18 Å². The van der Waals surface area contributed by atoms with Gasteiger partial charge in [-0.1, -0.05) is 0 Å². The first-order valence-electron chi connectivity index (χ1n) is 4.74. The predicted octanol–water partition coefficient (Wildman–Crippen LogP) is 3.11. The highest BCUT2D eigenvalue weighted by Gasteiger charge is 2.33. The third-order valence-electron chi connectivity index (χ3n) is 2.24. The Morgan fingerprint density at radius 2 is 2.00 bits per heavy atom. The number of imidazole rings is 1. The Morgan fingerprint density at radius 1 is 1.28 bits per heavy atom. The SMILES string of the molecule is N#Cc1ccc(-c2ncc(C(F)(F)F)[nH]2)cc1F. The number of nitrogens with one attached hydrogen (secondary N) is 1. The number of hydrogen-bond donors (Lipinski definition) is 1. The van der Waals surface area contributed by atoms with Crippen molar-refractivity contribution < 1.29 is 17.6 Å². The molecule has 1 aromatic carbocycles. The number of hydrogen-bond acceptors (Lipinski definition) is 2. The standard InChI is InChI=1S/C11H5F4N3/c12-8-3-6(1-2-7(8)4-16)10-17-5-9(18-10)11(13,14)15/h1-3,5H,(H,17,18). The summed E-state index contributed by atoms with van der Waals surface area (Å²) in [6.45, 7) is 0. The van der Waals surface area contributed by atoms with Crippen LogP contribution in [0.1, 0.15) is 11.3 Å². The van der Waals surface area contributed by atoms with Crippen LogP contribution in [0.2, 0.25) is 0 Å². The number of alkyl halides is 3. The van der Waals surface area contributed by atoms with Crippen LogP contribution in [0.25, 0.3) is 11.4 Å². The van der Waals surface area contributed by atoms with E-state index in [0.29, 0.717) is 6.20 Å². The minimum Gasteiger partial charge on any atom is -0.334 e. The van der Waals surface area contributed by atoms with Gasteiger partial charge >= 0.3 is 6.18 Å². The van der Waals surface area contributed by atoms with Crippen LogP contribution < -0.4 is 0 Å². The zero-order valence-electron chi connectivity index (χ0n) is 8.72. The Labute approximate surface area is 98.7 Å². The second-order valence-electron chi connectivity index (χ2n) is 3.45. The molecule has 3 nitrogen and oxygen atoms in total. The quantitative estimate of drug-likeness (QED) is 0.796. The van der Waals surface area contributed by atoms with Crippen molar-refractivity contribution in [3.05, 3.63) is 41.5 Å². The number of aromatic amines is 1. The minimum atomic E-state index is -4.53. The van der Waals surface area contributed by atoms with Gasteiger partial charge in [-0.2, -0.15) is 18.4 Å². The third kappa shape index (κ3) is 2.18. The number of H-pyrrole nitrogens is 1. The van der Waals surface area contributed by atoms with E-state index in [1.54, 1.807) is 6.07 Å². The van der Waals surface area contributed by atoms with E-state index in [1.807, 2.05) is 4.98 Å². The van der Waals surface area contributed by atoms with Gasteiger partial charge in [-0.05, 0) is 18.2 Å². The van der Waals surface area contributed by atoms with E-state index < -0.39 is 17.7 Å². The fourth-order valence-electron chi connectivity index (χ4n) is 1.37. The molecule has 0 saturated carbocycles. The molecule has 1 heterocycles. The average molecular weight is 255 g/mol. The molecule has 0 amide bonds. The number of aromatic nitrogens is 2. The molecule has 2 rings (SSSR count). The molecule has 1 aromatic heterocycles. The van der Waals surface area contributed by atoms with E-state index in [9.17, 15) is 17.6 Å². The van der Waals surface area contributed by atoms with Crippen molar-refractivity contribution in [1.82, 2.24) is 9.97 Å². The van der Waals surface area contributed by atoms with Gasteiger partial charge in [0.15, 0.2) is 0 Å². The number of benzene rings is 1. The summed E-state index contributed by atoms with van der Waals surface area (Å²) in [7, 11) is 0. The predicted molar refractivity (Wildman–Crippen MR) is 53.7 cm³/mol. The van der Waals surface area contributed by atoms with E-state index in [1.165, 1.54) is 12.1 Å². The molecule has 0 fully saturated rings. The van der Waals surface area contributed by atoms with Crippen molar-refractivity contribution >= 4 is 0 Å². The van der Waals surface area contributed by atoms with Crippen molar-refractivity contribution in [2.75, 3.05) is 0 Å². The maximum atomic E-state index is 13.3. The summed E-state index contributed by atoms with van der Waals surface area (Å²) in [6.07, 6.45) is -3.90. The second kappa shape index (κ2) is 4.14. The molecule has 0 aliphatic carbocycles. The number of nitrogens with zero attached hydrogens (tertiary/aromatic N) is 2. The van der Waals surface area contributed by atoms with E-state index in [-0.39, 0.29) is 17.0 Å². The first-order chi connectivity index (χ1) is 8.41. The van der Waals surface area contributed by atoms with Crippen LogP contribution in [0.15, 0.2) is 24.4 Å². The van der Waals surface area contributed by atoms with Gasteiger partial charge in [0.25, 0.3) is 0 Å². The Bertz CT molecular complexity index is 622. The normalized spacial score (nSPS) is 11.3. The zero-order chi connectivity index (χ0) is 13.3. The van der Waals surface area contributed by atoms with Gasteiger partial charge in [-0.15, -0.1) is 0 Å². The summed E-state index contributed by atoms with van der Waals surface area (Å²) in [5.41, 5.74) is -1.05. The fourth-order valence-corrected chi connectivity index (χ4v) is 1.37. The van der Waals surface area contributed by atoms with Crippen LogP contribution in [0.4, 0.5) is 17.6 Å². The molecular formula is C11H5F4N3. The topological polar surface area (TPSA) is 52.5 Å². The molecule has 0 unspecified atom stereocenters. The molecular weight excluding hydrogens is 250 g/mol. The molecule has 0 radical (unpaired) electrons. The van der Waals surface area contributed by atoms with E-state index in [2.05, 4.69) is 4.98 Å². The van der Waals surface area contributed by atoms with Crippen LogP contribution >= 0.6 is 0 Å². The first kappa shape index (κ1) is 12.1. The largest absolute Gasteiger partial charge is 0.432 e. The third-order valence-corrected chi connectivity index (χ3v) is 2.24. The maximum absolute atomic E-state index is 13.3. The van der Waals surface area contributed by atoms with Crippen LogP contribution in [-0.4, -0.2) is 9.97 Å². The molecule has 0 aliphatic heterocycles. The molecule has 92 valence electrons. The van der Waals surface area contributed by atoms with Crippen molar-refractivity contribution in [1.29, 1.82) is 5.26 Å². The lowest BCUT2D eigenvalue weighted by Crippen LogP contribution is -2.04. The summed E-state index contributed by atoms with van der Waals surface area (Å²) in [6, 6.07) is 5.07. The lowest BCUT2D eigenvalue weighted by Gasteiger charge is -2.02. The Hall–Kier alpha value is -2.36. The van der Waals surface area contributed by atoms with Crippen LogP contribution in [0.3, 0.4) is 0 Å². The Morgan fingerprint density at radius 3 is 2.50 bits per heavy atom. The van der Waals surface area contributed by atoms with Gasteiger partial charge in [0.2, 0.25) is 0 Å². The molecule has 7 heteroatoms. The van der Waals surface area contributed by atoms with Gasteiger partial charge in [-0.25, -0.2) is 9.37 Å². The van der Waals surface area contributed by atoms with Crippen molar-refractivity contribution in [3.8, 4) is 17.5 Å². The Kier molecular flexibility index (Phi) is 2.79. The Balaban J connectivity index is 2.41. The molecule has 0 saturated heterocycles. The summed E-state index contributed by atoms with van der Waals surface area (Å²) in [4.78, 5) is 5.57. The molecule has 0 spiro atoms. The fraction of sp³-hybridized carbons (Fsp3) is 0.0909. The van der Waals surface area contributed by atoms with E-state index in [0.717, 1.165) is 6.07 Å². The molecule has 2 aromatic rings. The number of nitriles is 1. The molecule has 0 bridgehead atoms. The monoisotopic (exact) mass is 255 g/mol. The minimum absolute atomic E-state index is 0.106. The lowest BCUT2D eigenvalue weighted by molar-refractivity contribution is -0.140. The summed E-state index contributed by atoms with van der Waals surface area (Å²) in [5.74, 6) is -0.911. The second-order valence-corrected chi connectivity index (χ2v) is 3.45. The lowest BCUT2D eigenvalue weighted by atomic mass is 10.1. The van der Waals surface area contributed by atoms with Crippen molar-refractivity contribution in [2.24, 2.45) is 0 Å². The summed E-state index contributed by atoms with van der Waals surface area (Å²) < 4.78 is 50.3. The maximum Gasteiger partial charge on any atom is 0.432 e. The van der Waals surface area contributed by atoms with Gasteiger partial charge in [0.1, 0.15) is 23.4 Å². The number of halogens is 4. The van der Waals surface area contributed by atoms with Crippen LogP contribution in [-0.2, 0) is 6.18 Å². The van der Waals surface area contributed by atoms with Crippen molar-refractivity contribution in [3.63, 3.8) is 0 Å². The highest BCUT2D eigenvalue weighted by atomic mass is 19.4. The van der Waals surface area contributed by atoms with Gasteiger partial charge in [-0.3, -0.25) is 0 Å². The molecule has 1 N–H and O–H groups in total. The van der Waals surface area contributed by atoms with E-state index >= 15 is 0 Å². The zero-order valence-corrected chi connectivity index (χ0v) is 8.72. The molecule has 0 atom stereocenters. The molecule has 0 aliphatic rings. The highest BCUT2D eigenvalue weighted by Crippen LogP contribution is 2.29. The molecule has 18 heavy (non-hydrogen) atoms. The highest BCUT2D eigenvalue weighted by molar-refractivity contribution is 5.57. The van der Waals surface area contributed by atoms with Gasteiger partial charge in [0.05, 0.1) is 11.8 Å². The smallest absolute Gasteiger partial charge is 0.334 e. The van der Waals surface area contributed by atoms with Gasteiger partial charge < -0.3 is 4.98 Å². The van der Waals surface area contributed by atoms with E-state index in [4.69, 9.17) is 5.26 Å².